The van der Waals surface area contributed by atoms with E-state index in [1.54, 1.807) is 38.5 Å². The molecule has 1 aliphatic carbocycles. The number of aromatic nitrogens is 1. The summed E-state index contributed by atoms with van der Waals surface area (Å²) in [4.78, 5) is 42.8. The summed E-state index contributed by atoms with van der Waals surface area (Å²) in [6.07, 6.45) is 2.56. The minimum absolute atomic E-state index is 0.108. The number of H-pyrrole nitrogens is 1. The Balaban J connectivity index is 1.24. The summed E-state index contributed by atoms with van der Waals surface area (Å²) in [6.45, 7) is 0.136. The van der Waals surface area contributed by atoms with E-state index in [4.69, 9.17) is 9.47 Å². The van der Waals surface area contributed by atoms with Crippen LogP contribution in [0.3, 0.4) is 0 Å². The van der Waals surface area contributed by atoms with Crippen LogP contribution in [-0.4, -0.2) is 48.0 Å². The Morgan fingerprint density at radius 2 is 1.83 bits per heavy atom. The number of carbonyl (C=O) groups is 3. The normalized spacial score (nSPS) is 19.4. The van der Waals surface area contributed by atoms with Crippen LogP contribution in [0.4, 0.5) is 4.79 Å². The van der Waals surface area contributed by atoms with E-state index in [0.29, 0.717) is 5.75 Å². The van der Waals surface area contributed by atoms with Gasteiger partial charge in [-0.1, -0.05) is 12.1 Å². The van der Waals surface area contributed by atoms with Gasteiger partial charge in [-0.3, -0.25) is 14.5 Å². The molecule has 35 heavy (non-hydrogen) atoms. The molecule has 0 saturated carbocycles. The number of urea groups is 1. The van der Waals surface area contributed by atoms with E-state index < -0.39 is 18.0 Å². The molecule has 182 valence electrons. The third-order valence-corrected chi connectivity index (χ3v) is 6.75. The maximum Gasteiger partial charge on any atom is 0.325 e. The highest BCUT2D eigenvalue weighted by molar-refractivity contribution is 6.05. The summed E-state index contributed by atoms with van der Waals surface area (Å²) in [5, 5.41) is 6.82. The number of nitrogens with zero attached hydrogens (tertiary/aromatic N) is 1. The summed E-state index contributed by atoms with van der Waals surface area (Å²) in [5.41, 5.74) is 3.98. The first-order valence-corrected chi connectivity index (χ1v) is 11.7. The van der Waals surface area contributed by atoms with Crippen LogP contribution in [0.5, 0.6) is 11.5 Å². The van der Waals surface area contributed by atoms with Crippen LogP contribution in [0.1, 0.15) is 42.1 Å². The average Bonchev–Trinajstić information content (AvgIpc) is 3.37. The van der Waals surface area contributed by atoms with Crippen LogP contribution in [0.25, 0.3) is 10.9 Å². The third kappa shape index (κ3) is 4.41. The molecule has 2 atom stereocenters. The molecule has 0 bridgehead atoms. The molecular weight excluding hydrogens is 448 g/mol. The molecule has 1 aromatic heterocycles. The van der Waals surface area contributed by atoms with Crippen LogP contribution in [0, 0.1) is 0 Å². The van der Waals surface area contributed by atoms with Gasteiger partial charge in [-0.25, -0.2) is 4.79 Å². The van der Waals surface area contributed by atoms with Crippen molar-refractivity contribution in [3.05, 3.63) is 59.3 Å². The highest BCUT2D eigenvalue weighted by Crippen LogP contribution is 2.36. The molecule has 1 aliphatic heterocycles. The van der Waals surface area contributed by atoms with Gasteiger partial charge in [0, 0.05) is 16.6 Å². The zero-order valence-electron chi connectivity index (χ0n) is 19.7. The fourth-order valence-corrected chi connectivity index (χ4v) is 4.93. The van der Waals surface area contributed by atoms with Crippen LogP contribution in [0.15, 0.2) is 42.5 Å². The molecule has 0 spiro atoms. The number of hydrogen-bond donors (Lipinski definition) is 3. The first-order chi connectivity index (χ1) is 17.0. The number of aryl methyl sites for hydroxylation is 1. The molecule has 3 N–H and O–H groups in total. The van der Waals surface area contributed by atoms with Crippen molar-refractivity contribution >= 4 is 28.7 Å². The number of aromatic amines is 1. The summed E-state index contributed by atoms with van der Waals surface area (Å²) in [7, 11) is 3.22. The van der Waals surface area contributed by atoms with Crippen molar-refractivity contribution in [2.24, 2.45) is 0 Å². The van der Waals surface area contributed by atoms with Crippen LogP contribution >= 0.6 is 0 Å². The van der Waals surface area contributed by atoms with Gasteiger partial charge in [0.2, 0.25) is 5.91 Å². The number of rotatable bonds is 7. The molecule has 0 unspecified atom stereocenters. The lowest BCUT2D eigenvalue weighted by Crippen LogP contribution is -2.38. The molecule has 3 aromatic rings. The molecule has 1 fully saturated rings. The molecule has 2 aromatic carbocycles. The summed E-state index contributed by atoms with van der Waals surface area (Å²) in [5.74, 6) is 0.813. The summed E-state index contributed by atoms with van der Waals surface area (Å²) in [6, 6.07) is 11.5. The number of methoxy groups -OCH3 is 2. The van der Waals surface area contributed by atoms with Gasteiger partial charge >= 0.3 is 6.03 Å². The van der Waals surface area contributed by atoms with E-state index in [1.165, 1.54) is 5.56 Å². The van der Waals surface area contributed by atoms with Crippen LogP contribution in [0.2, 0.25) is 0 Å². The molecule has 1 saturated heterocycles. The fraction of sp³-hybridized carbons (Fsp3) is 0.346. The van der Waals surface area contributed by atoms with Crippen LogP contribution in [-0.2, 0) is 22.6 Å². The average molecular weight is 477 g/mol. The highest BCUT2D eigenvalue weighted by Gasteiger charge is 2.39. The smallest absolute Gasteiger partial charge is 0.325 e. The van der Waals surface area contributed by atoms with E-state index in [0.717, 1.165) is 52.1 Å². The number of carbonyl (C=O) groups excluding carboxylic acids is 3. The molecule has 9 nitrogen and oxygen atoms in total. The largest absolute Gasteiger partial charge is 0.497 e. The van der Waals surface area contributed by atoms with Gasteiger partial charge in [0.25, 0.3) is 5.91 Å². The van der Waals surface area contributed by atoms with Gasteiger partial charge in [-0.05, 0) is 60.7 Å². The van der Waals surface area contributed by atoms with Gasteiger partial charge in [0.05, 0.1) is 33.2 Å². The van der Waals surface area contributed by atoms with Gasteiger partial charge in [0.15, 0.2) is 0 Å². The predicted octanol–water partition coefficient (Wildman–Crippen LogP) is 3.19. The minimum atomic E-state index is -0.879. The van der Waals surface area contributed by atoms with E-state index in [-0.39, 0.29) is 24.9 Å². The lowest BCUT2D eigenvalue weighted by atomic mass is 9.91. The monoisotopic (exact) mass is 476 g/mol. The first-order valence-electron chi connectivity index (χ1n) is 11.7. The fourth-order valence-electron chi connectivity index (χ4n) is 4.93. The first kappa shape index (κ1) is 22.8. The number of imide groups is 1. The Morgan fingerprint density at radius 3 is 2.57 bits per heavy atom. The Morgan fingerprint density at radius 1 is 1.09 bits per heavy atom. The molecule has 0 radical (unpaired) electrons. The number of ether oxygens (including phenoxy) is 2. The highest BCUT2D eigenvalue weighted by atomic mass is 16.5. The Bertz CT molecular complexity index is 1280. The van der Waals surface area contributed by atoms with E-state index in [1.807, 2.05) is 18.2 Å². The van der Waals surface area contributed by atoms with Crippen molar-refractivity contribution in [1.29, 1.82) is 0 Å². The quantitative estimate of drug-likeness (QED) is 0.454. The van der Waals surface area contributed by atoms with Crippen molar-refractivity contribution in [3.63, 3.8) is 0 Å². The Labute approximate surface area is 202 Å². The molecule has 9 heteroatoms. The Kier molecular flexibility index (Phi) is 6.07. The molecule has 4 amide bonds. The number of amides is 4. The van der Waals surface area contributed by atoms with Crippen LogP contribution < -0.4 is 20.1 Å². The van der Waals surface area contributed by atoms with Gasteiger partial charge in [-0.2, -0.15) is 0 Å². The van der Waals surface area contributed by atoms with Gasteiger partial charge in [-0.15, -0.1) is 0 Å². The summed E-state index contributed by atoms with van der Waals surface area (Å²) >= 11 is 0. The molecule has 5 rings (SSSR count). The van der Waals surface area contributed by atoms with Crippen molar-refractivity contribution in [2.45, 2.75) is 44.3 Å². The zero-order chi connectivity index (χ0) is 24.5. The molecule has 2 heterocycles. The van der Waals surface area contributed by atoms with E-state index in [9.17, 15) is 14.4 Å². The van der Waals surface area contributed by atoms with Crippen molar-refractivity contribution in [3.8, 4) is 11.5 Å². The SMILES string of the molecule is COc1ccc(CN2C(=O)N[C@H](CC(=O)N[C@H]3CCCc4c3[nH]c3ccc(OC)cc43)C2=O)cc1. The molecule has 2 aliphatic rings. The summed E-state index contributed by atoms with van der Waals surface area (Å²) < 4.78 is 10.5. The second-order valence-corrected chi connectivity index (χ2v) is 8.92. The number of nitrogens with one attached hydrogen (secondary N) is 3. The second kappa shape index (κ2) is 9.32. The second-order valence-electron chi connectivity index (χ2n) is 8.92. The Hall–Kier alpha value is -4.01. The number of benzene rings is 2. The number of fused-ring (bicyclic) bond motifs is 3. The predicted molar refractivity (Wildman–Crippen MR) is 129 cm³/mol. The van der Waals surface area contributed by atoms with E-state index >= 15 is 0 Å². The van der Waals surface area contributed by atoms with Crippen molar-refractivity contribution < 1.29 is 23.9 Å². The van der Waals surface area contributed by atoms with Crippen molar-refractivity contribution in [1.82, 2.24) is 20.5 Å². The topological polar surface area (TPSA) is 113 Å². The van der Waals surface area contributed by atoms with Crippen molar-refractivity contribution in [2.75, 3.05) is 14.2 Å². The zero-order valence-corrected chi connectivity index (χ0v) is 19.7. The maximum absolute atomic E-state index is 12.9. The minimum Gasteiger partial charge on any atom is -0.497 e. The third-order valence-electron chi connectivity index (χ3n) is 6.75. The molecular formula is C26H28N4O5. The lowest BCUT2D eigenvalue weighted by molar-refractivity contribution is -0.131. The number of hydrogen-bond acceptors (Lipinski definition) is 5. The van der Waals surface area contributed by atoms with E-state index in [2.05, 4.69) is 15.6 Å². The van der Waals surface area contributed by atoms with Gasteiger partial charge in [0.1, 0.15) is 17.5 Å². The standard InChI is InChI=1S/C26H28N4O5/c1-34-16-8-6-15(7-9-16)14-30-25(32)22(29-26(30)33)13-23(31)27-21-5-3-4-18-19-12-17(35-2)10-11-20(19)28-24(18)21/h6-12,21-22,28H,3-5,13-14H2,1-2H3,(H,27,31)(H,29,33)/t21-,22+/m0/s1. The lowest BCUT2D eigenvalue weighted by Gasteiger charge is -2.24. The maximum atomic E-state index is 12.9. The van der Waals surface area contributed by atoms with Gasteiger partial charge < -0.3 is 25.1 Å².